The topological polar surface area (TPSA) is 54.5 Å². The van der Waals surface area contributed by atoms with Crippen LogP contribution in [0.25, 0.3) is 0 Å². The molecule has 21 heavy (non-hydrogen) atoms. The van der Waals surface area contributed by atoms with Crippen molar-refractivity contribution in [1.82, 2.24) is 15.2 Å². The average molecular weight is 291 g/mol. The Hall–Kier alpha value is -1.62. The van der Waals surface area contributed by atoms with Crippen molar-refractivity contribution >= 4 is 5.91 Å². The summed E-state index contributed by atoms with van der Waals surface area (Å²) in [5.74, 6) is 1.35. The van der Waals surface area contributed by atoms with Gasteiger partial charge in [-0.05, 0) is 31.5 Å². The summed E-state index contributed by atoms with van der Waals surface area (Å²) in [7, 11) is 1.81. The fourth-order valence-corrected chi connectivity index (χ4v) is 2.36. The van der Waals surface area contributed by atoms with Crippen LogP contribution in [0.2, 0.25) is 0 Å². The summed E-state index contributed by atoms with van der Waals surface area (Å²) in [4.78, 5) is 18.2. The minimum absolute atomic E-state index is 0.0525. The predicted molar refractivity (Wildman–Crippen MR) is 82.2 cm³/mol. The maximum atomic E-state index is 12.0. The number of pyridine rings is 1. The second-order valence-electron chi connectivity index (χ2n) is 6.08. The van der Waals surface area contributed by atoms with Gasteiger partial charge < -0.3 is 15.0 Å². The summed E-state index contributed by atoms with van der Waals surface area (Å²) in [6.45, 7) is 8.64. The van der Waals surface area contributed by atoms with Gasteiger partial charge in [0.2, 0.25) is 0 Å². The van der Waals surface area contributed by atoms with Crippen LogP contribution in [0.4, 0.5) is 0 Å². The SMILES string of the molecule is Cc1ccc(OC2CCN(C)C2=O)c(CNCC(C)C)n1. The Morgan fingerprint density at radius 2 is 2.24 bits per heavy atom. The first-order valence-corrected chi connectivity index (χ1v) is 7.56. The molecule has 0 bridgehead atoms. The van der Waals surface area contributed by atoms with Gasteiger partial charge in [0.05, 0.1) is 5.69 Å². The Kier molecular flexibility index (Phi) is 5.17. The predicted octanol–water partition coefficient (Wildman–Crippen LogP) is 1.75. The fourth-order valence-electron chi connectivity index (χ4n) is 2.36. The summed E-state index contributed by atoms with van der Waals surface area (Å²) in [6, 6.07) is 3.84. The molecule has 5 heteroatoms. The lowest BCUT2D eigenvalue weighted by Gasteiger charge is -2.16. The molecule has 116 valence electrons. The molecule has 2 heterocycles. The van der Waals surface area contributed by atoms with Gasteiger partial charge in [-0.15, -0.1) is 0 Å². The molecule has 1 atom stereocenters. The third-order valence-electron chi connectivity index (χ3n) is 3.56. The maximum Gasteiger partial charge on any atom is 0.263 e. The molecular weight excluding hydrogens is 266 g/mol. The maximum absolute atomic E-state index is 12.0. The van der Waals surface area contributed by atoms with E-state index in [1.165, 1.54) is 0 Å². The minimum atomic E-state index is -0.372. The van der Waals surface area contributed by atoms with Crippen molar-refractivity contribution in [3.05, 3.63) is 23.5 Å². The summed E-state index contributed by atoms with van der Waals surface area (Å²) < 4.78 is 5.91. The number of aromatic nitrogens is 1. The number of hydrogen-bond acceptors (Lipinski definition) is 4. The molecule has 2 rings (SSSR count). The van der Waals surface area contributed by atoms with Gasteiger partial charge in [-0.2, -0.15) is 0 Å². The van der Waals surface area contributed by atoms with E-state index in [0.717, 1.165) is 30.9 Å². The van der Waals surface area contributed by atoms with Crippen LogP contribution in [0.5, 0.6) is 5.75 Å². The summed E-state index contributed by atoms with van der Waals surface area (Å²) >= 11 is 0. The van der Waals surface area contributed by atoms with Gasteiger partial charge in [-0.3, -0.25) is 9.78 Å². The van der Waals surface area contributed by atoms with Crippen molar-refractivity contribution < 1.29 is 9.53 Å². The van der Waals surface area contributed by atoms with E-state index in [4.69, 9.17) is 4.74 Å². The van der Waals surface area contributed by atoms with Crippen LogP contribution in [-0.4, -0.2) is 42.0 Å². The van der Waals surface area contributed by atoms with Gasteiger partial charge >= 0.3 is 0 Å². The van der Waals surface area contributed by atoms with Crippen LogP contribution in [0.3, 0.4) is 0 Å². The quantitative estimate of drug-likeness (QED) is 0.867. The lowest BCUT2D eigenvalue weighted by molar-refractivity contribution is -0.132. The number of likely N-dealkylation sites (tertiary alicyclic amines) is 1. The van der Waals surface area contributed by atoms with Gasteiger partial charge in [0.15, 0.2) is 6.10 Å². The van der Waals surface area contributed by atoms with E-state index in [1.807, 2.05) is 26.1 Å². The van der Waals surface area contributed by atoms with Crippen LogP contribution in [0.1, 0.15) is 31.7 Å². The van der Waals surface area contributed by atoms with Gasteiger partial charge in [-0.1, -0.05) is 13.8 Å². The van der Waals surface area contributed by atoms with Crippen molar-refractivity contribution in [2.24, 2.45) is 5.92 Å². The summed E-state index contributed by atoms with van der Waals surface area (Å²) in [5.41, 5.74) is 1.83. The molecule has 5 nitrogen and oxygen atoms in total. The zero-order valence-corrected chi connectivity index (χ0v) is 13.3. The lowest BCUT2D eigenvalue weighted by Crippen LogP contribution is -2.30. The Morgan fingerprint density at radius 3 is 2.86 bits per heavy atom. The number of ether oxygens (including phenoxy) is 1. The lowest BCUT2D eigenvalue weighted by atomic mass is 10.2. The number of carbonyl (C=O) groups is 1. The van der Waals surface area contributed by atoms with Crippen LogP contribution < -0.4 is 10.1 Å². The number of carbonyl (C=O) groups excluding carboxylic acids is 1. The van der Waals surface area contributed by atoms with E-state index < -0.39 is 0 Å². The van der Waals surface area contributed by atoms with Crippen molar-refractivity contribution in [2.45, 2.75) is 39.8 Å². The van der Waals surface area contributed by atoms with Crippen molar-refractivity contribution in [3.8, 4) is 5.75 Å². The number of rotatable bonds is 6. The second kappa shape index (κ2) is 6.89. The number of hydrogen-bond donors (Lipinski definition) is 1. The van der Waals surface area contributed by atoms with Gasteiger partial charge in [-0.25, -0.2) is 0 Å². The molecule has 1 fully saturated rings. The Labute approximate surface area is 126 Å². The molecule has 1 aromatic heterocycles. The number of amides is 1. The Morgan fingerprint density at radius 1 is 1.48 bits per heavy atom. The first kappa shape index (κ1) is 15.8. The van der Waals surface area contributed by atoms with Crippen LogP contribution in [-0.2, 0) is 11.3 Å². The Balaban J connectivity index is 2.06. The Bertz CT molecular complexity index is 502. The summed E-state index contributed by atoms with van der Waals surface area (Å²) in [5, 5.41) is 3.38. The van der Waals surface area contributed by atoms with E-state index in [1.54, 1.807) is 4.90 Å². The molecule has 0 aliphatic carbocycles. The molecule has 1 saturated heterocycles. The van der Waals surface area contributed by atoms with Crippen molar-refractivity contribution in [1.29, 1.82) is 0 Å². The van der Waals surface area contributed by atoms with Crippen LogP contribution in [0.15, 0.2) is 12.1 Å². The molecule has 1 N–H and O–H groups in total. The standard InChI is InChI=1S/C16H25N3O2/c1-11(2)9-17-10-13-14(6-5-12(3)18-13)21-15-7-8-19(4)16(15)20/h5-6,11,15,17H,7-10H2,1-4H3. The van der Waals surface area contributed by atoms with E-state index in [2.05, 4.69) is 24.1 Å². The molecule has 0 spiro atoms. The monoisotopic (exact) mass is 291 g/mol. The van der Waals surface area contributed by atoms with Crippen molar-refractivity contribution in [3.63, 3.8) is 0 Å². The third kappa shape index (κ3) is 4.17. The van der Waals surface area contributed by atoms with Gasteiger partial charge in [0, 0.05) is 32.3 Å². The molecule has 1 aromatic rings. The number of nitrogens with zero attached hydrogens (tertiary/aromatic N) is 2. The summed E-state index contributed by atoms with van der Waals surface area (Å²) in [6.07, 6.45) is 0.366. The number of likely N-dealkylation sites (N-methyl/N-ethyl adjacent to an activating group) is 1. The molecule has 1 aliphatic heterocycles. The average Bonchev–Trinajstić information content (AvgIpc) is 2.73. The zero-order valence-electron chi connectivity index (χ0n) is 13.3. The fraction of sp³-hybridized carbons (Fsp3) is 0.625. The van der Waals surface area contributed by atoms with Gasteiger partial charge in [0.1, 0.15) is 5.75 Å². The van der Waals surface area contributed by atoms with Gasteiger partial charge in [0.25, 0.3) is 5.91 Å². The van der Waals surface area contributed by atoms with E-state index in [0.29, 0.717) is 18.2 Å². The van der Waals surface area contributed by atoms with Crippen LogP contribution >= 0.6 is 0 Å². The first-order chi connectivity index (χ1) is 9.97. The number of aryl methyl sites for hydroxylation is 1. The number of nitrogens with one attached hydrogen (secondary N) is 1. The van der Waals surface area contributed by atoms with E-state index >= 15 is 0 Å². The van der Waals surface area contributed by atoms with Crippen molar-refractivity contribution in [2.75, 3.05) is 20.1 Å². The largest absolute Gasteiger partial charge is 0.479 e. The molecule has 1 unspecified atom stereocenters. The highest BCUT2D eigenvalue weighted by Gasteiger charge is 2.31. The molecule has 0 saturated carbocycles. The smallest absolute Gasteiger partial charge is 0.263 e. The second-order valence-corrected chi connectivity index (χ2v) is 6.08. The molecular formula is C16H25N3O2. The zero-order chi connectivity index (χ0) is 15.4. The van der Waals surface area contributed by atoms with Crippen LogP contribution in [0, 0.1) is 12.8 Å². The first-order valence-electron chi connectivity index (χ1n) is 7.56. The van der Waals surface area contributed by atoms with E-state index in [-0.39, 0.29) is 12.0 Å². The minimum Gasteiger partial charge on any atom is -0.479 e. The molecule has 1 aliphatic rings. The molecule has 0 aromatic carbocycles. The molecule has 1 amide bonds. The third-order valence-corrected chi connectivity index (χ3v) is 3.56. The highest BCUT2D eigenvalue weighted by atomic mass is 16.5. The van der Waals surface area contributed by atoms with E-state index in [9.17, 15) is 4.79 Å². The highest BCUT2D eigenvalue weighted by molar-refractivity contribution is 5.83. The normalized spacial score (nSPS) is 18.6. The molecule has 0 radical (unpaired) electrons. The highest BCUT2D eigenvalue weighted by Crippen LogP contribution is 2.22.